The highest BCUT2D eigenvalue weighted by Gasteiger charge is 2.53. The number of ether oxygens (including phenoxy) is 6. The molecule has 0 spiro atoms. The van der Waals surface area contributed by atoms with E-state index >= 15 is 0 Å². The van der Waals surface area contributed by atoms with Gasteiger partial charge in [-0.05, 0) is 64.2 Å². The number of carbonyl (C=O) groups is 1. The molecule has 504 valence electrons. The summed E-state index contributed by atoms with van der Waals surface area (Å²) in [4.78, 5) is 13.3. The lowest BCUT2D eigenvalue weighted by atomic mass is 9.96. The predicted octanol–water partition coefficient (Wildman–Crippen LogP) is 8.16. The van der Waals surface area contributed by atoms with E-state index in [9.17, 15) is 61.0 Å². The van der Waals surface area contributed by atoms with Crippen molar-refractivity contribution >= 4 is 5.91 Å². The summed E-state index contributed by atoms with van der Waals surface area (Å²) in [5.41, 5.74) is 0. The highest BCUT2D eigenvalue weighted by Crippen LogP contribution is 2.33. The van der Waals surface area contributed by atoms with E-state index < -0.39 is 124 Å². The number of carbonyl (C=O) groups excluding carboxylic acids is 1. The number of unbranched alkanes of at least 4 members (excludes halogenated alkanes) is 24. The average Bonchev–Trinajstić information content (AvgIpc) is 1.04. The topological polar surface area (TPSA) is 307 Å². The summed E-state index contributed by atoms with van der Waals surface area (Å²) in [6, 6.07) is -0.972. The Balaban J connectivity index is 1.33. The molecule has 19 nitrogen and oxygen atoms in total. The van der Waals surface area contributed by atoms with Crippen molar-refractivity contribution < 1.29 is 89.4 Å². The van der Waals surface area contributed by atoms with Crippen molar-refractivity contribution in [2.45, 2.75) is 324 Å². The van der Waals surface area contributed by atoms with E-state index in [1.807, 2.05) is 6.08 Å². The van der Waals surface area contributed by atoms with Gasteiger partial charge in [0.1, 0.15) is 73.2 Å². The Morgan fingerprint density at radius 1 is 0.425 bits per heavy atom. The minimum absolute atomic E-state index is 0.241. The molecule has 1 amide bonds. The molecule has 19 heteroatoms. The van der Waals surface area contributed by atoms with E-state index in [-0.39, 0.29) is 18.9 Å². The lowest BCUT2D eigenvalue weighted by Crippen LogP contribution is -2.66. The van der Waals surface area contributed by atoms with Crippen molar-refractivity contribution in [2.75, 3.05) is 26.4 Å². The molecule has 0 aliphatic carbocycles. The van der Waals surface area contributed by atoms with E-state index in [0.29, 0.717) is 6.42 Å². The molecule has 0 radical (unpaired) electrons. The molecule has 3 fully saturated rings. The second-order valence-corrected chi connectivity index (χ2v) is 23.9. The molecule has 0 aromatic heterocycles. The summed E-state index contributed by atoms with van der Waals surface area (Å²) < 4.78 is 34.2. The predicted molar refractivity (Wildman–Crippen MR) is 337 cm³/mol. The lowest BCUT2D eigenvalue weighted by molar-refractivity contribution is -0.379. The van der Waals surface area contributed by atoms with Crippen LogP contribution in [0.5, 0.6) is 0 Å². The first kappa shape index (κ1) is 78.5. The van der Waals surface area contributed by atoms with Crippen LogP contribution in [-0.4, -0.2) is 193 Å². The standard InChI is InChI=1S/C68H119NO18/c1-3-5-7-9-11-13-14-15-16-17-18-19-20-21-22-23-24-25-26-27-28-29-30-31-32-33-34-35-36-38-40-42-44-46-56(74)69-51(52(73)45-43-41-39-37-12-10-8-6-4-2)50-82-66-62(80)59(77)64(54(48-71)84-66)87-68-63(81)60(78)65(55(49-72)85-68)86-67-61(79)58(76)57(75)53(47-70)83-67/h5,7,11,13,15-16,18-19,21-22,43,45,51-55,57-68,70-73,75-81H,3-4,6,8-10,12,14,17,20,23-42,44,46-50H2,1-2H3,(H,69,74)/b7-5-,13-11-,16-15-,19-18-,22-21-,45-43+. The molecule has 0 saturated carbocycles. The summed E-state index contributed by atoms with van der Waals surface area (Å²) in [6.07, 6.45) is 34.9. The largest absolute Gasteiger partial charge is 0.394 e. The lowest BCUT2D eigenvalue weighted by Gasteiger charge is -2.48. The number of aliphatic hydroxyl groups is 11. The van der Waals surface area contributed by atoms with Crippen LogP contribution < -0.4 is 5.32 Å². The Morgan fingerprint density at radius 3 is 1.24 bits per heavy atom. The minimum Gasteiger partial charge on any atom is -0.394 e. The molecule has 3 saturated heterocycles. The maximum Gasteiger partial charge on any atom is 0.220 e. The Labute approximate surface area is 521 Å². The summed E-state index contributed by atoms with van der Waals surface area (Å²) in [6.45, 7) is 1.57. The fraction of sp³-hybridized carbons (Fsp3) is 0.809. The second-order valence-electron chi connectivity index (χ2n) is 23.9. The van der Waals surface area contributed by atoms with Crippen molar-refractivity contribution in [2.24, 2.45) is 0 Å². The maximum absolute atomic E-state index is 13.3. The van der Waals surface area contributed by atoms with Crippen LogP contribution in [0.25, 0.3) is 0 Å². The molecule has 0 aromatic rings. The van der Waals surface area contributed by atoms with Gasteiger partial charge in [-0.2, -0.15) is 0 Å². The van der Waals surface area contributed by atoms with E-state index in [2.05, 4.69) is 79.9 Å². The Kier molecular flexibility index (Phi) is 45.0. The molecule has 3 aliphatic rings. The third-order valence-electron chi connectivity index (χ3n) is 16.5. The Bertz CT molecular complexity index is 1860. The summed E-state index contributed by atoms with van der Waals surface area (Å²) in [5.74, 6) is -0.279. The van der Waals surface area contributed by atoms with Crippen LogP contribution in [0.2, 0.25) is 0 Å². The molecule has 0 bridgehead atoms. The normalized spacial score (nSPS) is 29.0. The van der Waals surface area contributed by atoms with Gasteiger partial charge < -0.3 is 89.9 Å². The first-order chi connectivity index (χ1) is 42.3. The van der Waals surface area contributed by atoms with Crippen LogP contribution in [0.15, 0.2) is 72.9 Å². The highest BCUT2D eigenvalue weighted by atomic mass is 16.8. The van der Waals surface area contributed by atoms with Crippen LogP contribution >= 0.6 is 0 Å². The minimum atomic E-state index is -1.98. The van der Waals surface area contributed by atoms with Crippen molar-refractivity contribution in [3.05, 3.63) is 72.9 Å². The van der Waals surface area contributed by atoms with Crippen LogP contribution in [0.3, 0.4) is 0 Å². The molecule has 87 heavy (non-hydrogen) atoms. The van der Waals surface area contributed by atoms with E-state index in [4.69, 9.17) is 28.4 Å². The fourth-order valence-corrected chi connectivity index (χ4v) is 11.0. The zero-order valence-electron chi connectivity index (χ0n) is 53.0. The summed E-state index contributed by atoms with van der Waals surface area (Å²) in [5, 5.41) is 120. The summed E-state index contributed by atoms with van der Waals surface area (Å²) >= 11 is 0. The van der Waals surface area contributed by atoms with Gasteiger partial charge in [0.25, 0.3) is 0 Å². The number of nitrogens with one attached hydrogen (secondary N) is 1. The molecular formula is C68H119NO18. The van der Waals surface area contributed by atoms with Gasteiger partial charge >= 0.3 is 0 Å². The smallest absolute Gasteiger partial charge is 0.220 e. The number of rotatable bonds is 50. The van der Waals surface area contributed by atoms with Gasteiger partial charge in [0.05, 0.1) is 38.6 Å². The number of hydrogen-bond donors (Lipinski definition) is 12. The maximum atomic E-state index is 13.3. The zero-order valence-corrected chi connectivity index (χ0v) is 53.0. The quantitative estimate of drug-likeness (QED) is 0.0202. The summed E-state index contributed by atoms with van der Waals surface area (Å²) in [7, 11) is 0. The molecule has 3 aliphatic heterocycles. The van der Waals surface area contributed by atoms with Gasteiger partial charge in [-0.15, -0.1) is 0 Å². The van der Waals surface area contributed by atoms with Gasteiger partial charge in [0, 0.05) is 6.42 Å². The third-order valence-corrected chi connectivity index (χ3v) is 16.5. The van der Waals surface area contributed by atoms with Crippen LogP contribution in [-0.2, 0) is 33.2 Å². The molecule has 0 aromatic carbocycles. The van der Waals surface area contributed by atoms with E-state index in [1.54, 1.807) is 6.08 Å². The van der Waals surface area contributed by atoms with Crippen molar-refractivity contribution in [1.29, 1.82) is 0 Å². The van der Waals surface area contributed by atoms with Crippen molar-refractivity contribution in [3.63, 3.8) is 0 Å². The molecular weight excluding hydrogens is 1120 g/mol. The second kappa shape index (κ2) is 49.9. The number of hydrogen-bond acceptors (Lipinski definition) is 18. The molecule has 17 unspecified atom stereocenters. The SMILES string of the molecule is CC/C=C\C/C=C\C/C=C\C/C=C\C/C=C\CCCCCCCCCCCCCCCCCCCC(=O)NC(COC1OC(CO)C(OC2OC(CO)C(OC3OC(CO)C(O)C(O)C3O)C(O)C2O)C(O)C1O)C(O)/C=C/CCCCCCCCC. The van der Waals surface area contributed by atoms with E-state index in [1.165, 1.54) is 116 Å². The third kappa shape index (κ3) is 32.4. The Hall–Kier alpha value is -2.77. The van der Waals surface area contributed by atoms with Crippen LogP contribution in [0, 0.1) is 0 Å². The number of amides is 1. The molecule has 12 N–H and O–H groups in total. The number of allylic oxidation sites excluding steroid dienone is 11. The Morgan fingerprint density at radius 2 is 0.793 bits per heavy atom. The highest BCUT2D eigenvalue weighted by molar-refractivity contribution is 5.76. The molecule has 3 heterocycles. The van der Waals surface area contributed by atoms with Gasteiger partial charge in [0.2, 0.25) is 5.91 Å². The number of aliphatic hydroxyl groups excluding tert-OH is 11. The van der Waals surface area contributed by atoms with Crippen molar-refractivity contribution in [1.82, 2.24) is 5.32 Å². The van der Waals surface area contributed by atoms with Crippen molar-refractivity contribution in [3.8, 4) is 0 Å². The molecule has 3 rings (SSSR count). The average molecular weight is 1240 g/mol. The van der Waals surface area contributed by atoms with Crippen LogP contribution in [0.4, 0.5) is 0 Å². The van der Waals surface area contributed by atoms with Gasteiger partial charge in [0.15, 0.2) is 18.9 Å². The first-order valence-electron chi connectivity index (χ1n) is 33.7. The zero-order chi connectivity index (χ0) is 63.3. The van der Waals surface area contributed by atoms with Gasteiger partial charge in [-0.1, -0.05) is 222 Å². The van der Waals surface area contributed by atoms with E-state index in [0.717, 1.165) is 77.0 Å². The fourth-order valence-electron chi connectivity index (χ4n) is 11.0. The first-order valence-corrected chi connectivity index (χ1v) is 33.7. The van der Waals surface area contributed by atoms with Crippen LogP contribution in [0.1, 0.15) is 219 Å². The van der Waals surface area contributed by atoms with Gasteiger partial charge in [-0.25, -0.2) is 0 Å². The molecule has 17 atom stereocenters. The monoisotopic (exact) mass is 1240 g/mol. The van der Waals surface area contributed by atoms with Gasteiger partial charge in [-0.3, -0.25) is 4.79 Å².